The molecule has 1 fully saturated rings. The molecule has 1 saturated heterocycles. The molecule has 86 valence electrons. The maximum absolute atomic E-state index is 5.61. The molecule has 2 unspecified atom stereocenters. The van der Waals surface area contributed by atoms with E-state index in [-0.39, 0.29) is 0 Å². The van der Waals surface area contributed by atoms with Gasteiger partial charge < -0.3 is 4.74 Å². The Bertz CT molecular complexity index is 358. The summed E-state index contributed by atoms with van der Waals surface area (Å²) in [4.78, 5) is 1.50. The van der Waals surface area contributed by atoms with Crippen molar-refractivity contribution >= 4 is 11.8 Å². The molecule has 0 saturated carbocycles. The molecule has 16 heavy (non-hydrogen) atoms. The standard InChI is InChI=1S/C14H18OS/c1-2-6-14-11(4-1)8-13(10-16-14)12-5-3-7-15-9-12/h1-2,4,6,12-13H,3,5,7-10H2. The summed E-state index contributed by atoms with van der Waals surface area (Å²) in [5.41, 5.74) is 1.55. The normalized spacial score (nSPS) is 29.8. The first-order valence-corrected chi connectivity index (χ1v) is 7.20. The van der Waals surface area contributed by atoms with Gasteiger partial charge in [0, 0.05) is 23.9 Å². The van der Waals surface area contributed by atoms with Crippen LogP contribution in [0.2, 0.25) is 0 Å². The molecule has 0 aromatic heterocycles. The zero-order valence-corrected chi connectivity index (χ0v) is 10.3. The molecular formula is C14H18OS. The zero-order valence-electron chi connectivity index (χ0n) is 9.52. The van der Waals surface area contributed by atoms with Crippen LogP contribution in [0.5, 0.6) is 0 Å². The fraction of sp³-hybridized carbons (Fsp3) is 0.571. The average molecular weight is 234 g/mol. The van der Waals surface area contributed by atoms with Gasteiger partial charge in [0.05, 0.1) is 0 Å². The van der Waals surface area contributed by atoms with E-state index in [1.54, 1.807) is 5.56 Å². The molecule has 2 aliphatic rings. The van der Waals surface area contributed by atoms with E-state index in [0.29, 0.717) is 0 Å². The van der Waals surface area contributed by atoms with Gasteiger partial charge in [-0.1, -0.05) is 18.2 Å². The summed E-state index contributed by atoms with van der Waals surface area (Å²) in [6, 6.07) is 8.86. The van der Waals surface area contributed by atoms with Crippen molar-refractivity contribution in [2.75, 3.05) is 19.0 Å². The van der Waals surface area contributed by atoms with Crippen molar-refractivity contribution in [2.45, 2.75) is 24.2 Å². The molecule has 0 aliphatic carbocycles. The van der Waals surface area contributed by atoms with Crippen molar-refractivity contribution in [3.8, 4) is 0 Å². The molecule has 2 aliphatic heterocycles. The first-order valence-electron chi connectivity index (χ1n) is 6.22. The Morgan fingerprint density at radius 2 is 2.12 bits per heavy atom. The lowest BCUT2D eigenvalue weighted by Crippen LogP contribution is -2.29. The predicted molar refractivity (Wildman–Crippen MR) is 67.9 cm³/mol. The van der Waals surface area contributed by atoms with Crippen molar-refractivity contribution in [3.63, 3.8) is 0 Å². The smallest absolute Gasteiger partial charge is 0.0497 e. The number of ether oxygens (including phenoxy) is 1. The van der Waals surface area contributed by atoms with E-state index in [9.17, 15) is 0 Å². The van der Waals surface area contributed by atoms with Crippen LogP contribution >= 0.6 is 11.8 Å². The molecule has 0 bridgehead atoms. The second kappa shape index (κ2) is 4.80. The van der Waals surface area contributed by atoms with E-state index in [1.807, 2.05) is 11.8 Å². The molecule has 0 N–H and O–H groups in total. The van der Waals surface area contributed by atoms with Gasteiger partial charge in [0.15, 0.2) is 0 Å². The fourth-order valence-corrected chi connectivity index (χ4v) is 4.09. The highest BCUT2D eigenvalue weighted by Crippen LogP contribution is 2.37. The molecule has 0 amide bonds. The second-order valence-electron chi connectivity index (χ2n) is 4.86. The van der Waals surface area contributed by atoms with Gasteiger partial charge in [0.25, 0.3) is 0 Å². The molecule has 2 heterocycles. The van der Waals surface area contributed by atoms with Crippen molar-refractivity contribution in [2.24, 2.45) is 11.8 Å². The van der Waals surface area contributed by atoms with Gasteiger partial charge in [-0.2, -0.15) is 0 Å². The van der Waals surface area contributed by atoms with Gasteiger partial charge in [0.1, 0.15) is 0 Å². The Morgan fingerprint density at radius 3 is 3.00 bits per heavy atom. The number of rotatable bonds is 1. The summed E-state index contributed by atoms with van der Waals surface area (Å²) in [5, 5.41) is 0. The van der Waals surface area contributed by atoms with Crippen LogP contribution in [-0.2, 0) is 11.2 Å². The van der Waals surface area contributed by atoms with Crippen molar-refractivity contribution in [1.82, 2.24) is 0 Å². The van der Waals surface area contributed by atoms with Crippen LogP contribution < -0.4 is 0 Å². The molecule has 2 atom stereocenters. The van der Waals surface area contributed by atoms with E-state index in [1.165, 1.54) is 29.9 Å². The second-order valence-corrected chi connectivity index (χ2v) is 5.92. The lowest BCUT2D eigenvalue weighted by atomic mass is 9.84. The van der Waals surface area contributed by atoms with E-state index in [2.05, 4.69) is 24.3 Å². The quantitative estimate of drug-likeness (QED) is 0.736. The number of hydrogen-bond acceptors (Lipinski definition) is 2. The van der Waals surface area contributed by atoms with Gasteiger partial charge in [-0.05, 0) is 42.7 Å². The van der Waals surface area contributed by atoms with Crippen molar-refractivity contribution in [3.05, 3.63) is 29.8 Å². The summed E-state index contributed by atoms with van der Waals surface area (Å²) in [6.07, 6.45) is 3.89. The average Bonchev–Trinajstić information content (AvgIpc) is 2.39. The molecular weight excluding hydrogens is 216 g/mol. The third-order valence-electron chi connectivity index (χ3n) is 3.77. The molecule has 1 aromatic rings. The van der Waals surface area contributed by atoms with Crippen LogP contribution in [0, 0.1) is 11.8 Å². The molecule has 1 nitrogen and oxygen atoms in total. The van der Waals surface area contributed by atoms with Gasteiger partial charge in [-0.15, -0.1) is 11.8 Å². The Kier molecular flexibility index (Phi) is 3.20. The molecule has 1 aromatic carbocycles. The fourth-order valence-electron chi connectivity index (χ4n) is 2.79. The van der Waals surface area contributed by atoms with Crippen LogP contribution in [0.1, 0.15) is 18.4 Å². The van der Waals surface area contributed by atoms with Crippen LogP contribution in [-0.4, -0.2) is 19.0 Å². The number of benzene rings is 1. The molecule has 2 heteroatoms. The van der Waals surface area contributed by atoms with Crippen molar-refractivity contribution < 1.29 is 4.74 Å². The highest BCUT2D eigenvalue weighted by atomic mass is 32.2. The Labute approximate surface area is 102 Å². The molecule has 0 radical (unpaired) electrons. The molecule has 3 rings (SSSR count). The van der Waals surface area contributed by atoms with Gasteiger partial charge in [-0.3, -0.25) is 0 Å². The zero-order chi connectivity index (χ0) is 10.8. The van der Waals surface area contributed by atoms with Crippen LogP contribution in [0.15, 0.2) is 29.2 Å². The van der Waals surface area contributed by atoms with Crippen LogP contribution in [0.4, 0.5) is 0 Å². The Hall–Kier alpha value is -0.470. The number of fused-ring (bicyclic) bond motifs is 1. The molecule has 0 spiro atoms. The highest BCUT2D eigenvalue weighted by Gasteiger charge is 2.27. The van der Waals surface area contributed by atoms with Gasteiger partial charge in [-0.25, -0.2) is 0 Å². The predicted octanol–water partition coefficient (Wildman–Crippen LogP) is 3.38. The first kappa shape index (κ1) is 10.7. The van der Waals surface area contributed by atoms with E-state index >= 15 is 0 Å². The minimum absolute atomic E-state index is 0.801. The summed E-state index contributed by atoms with van der Waals surface area (Å²) < 4.78 is 5.61. The highest BCUT2D eigenvalue weighted by molar-refractivity contribution is 7.99. The summed E-state index contributed by atoms with van der Waals surface area (Å²) >= 11 is 2.03. The van der Waals surface area contributed by atoms with Crippen LogP contribution in [0.25, 0.3) is 0 Å². The monoisotopic (exact) mass is 234 g/mol. The SMILES string of the molecule is c1ccc2c(c1)CC(C1CCCOC1)CS2. The lowest BCUT2D eigenvalue weighted by molar-refractivity contribution is 0.0345. The van der Waals surface area contributed by atoms with Gasteiger partial charge >= 0.3 is 0 Å². The summed E-state index contributed by atoms with van der Waals surface area (Å²) in [5.74, 6) is 2.92. The van der Waals surface area contributed by atoms with Crippen LogP contribution in [0.3, 0.4) is 0 Å². The summed E-state index contributed by atoms with van der Waals surface area (Å²) in [7, 11) is 0. The lowest BCUT2D eigenvalue weighted by Gasteiger charge is -2.33. The van der Waals surface area contributed by atoms with Crippen molar-refractivity contribution in [1.29, 1.82) is 0 Å². The minimum atomic E-state index is 0.801. The number of thioether (sulfide) groups is 1. The maximum Gasteiger partial charge on any atom is 0.0497 e. The maximum atomic E-state index is 5.61. The summed E-state index contributed by atoms with van der Waals surface area (Å²) in [6.45, 7) is 1.97. The van der Waals surface area contributed by atoms with Gasteiger partial charge in [0.2, 0.25) is 0 Å². The van der Waals surface area contributed by atoms with E-state index in [4.69, 9.17) is 4.74 Å². The van der Waals surface area contributed by atoms with E-state index in [0.717, 1.165) is 25.0 Å². The Morgan fingerprint density at radius 1 is 1.19 bits per heavy atom. The number of hydrogen-bond donors (Lipinski definition) is 0. The topological polar surface area (TPSA) is 9.23 Å². The third-order valence-corrected chi connectivity index (χ3v) is 5.07. The minimum Gasteiger partial charge on any atom is -0.381 e. The largest absolute Gasteiger partial charge is 0.381 e. The van der Waals surface area contributed by atoms with E-state index < -0.39 is 0 Å². The Balaban J connectivity index is 1.72. The third kappa shape index (κ3) is 2.14. The first-order chi connectivity index (χ1) is 7.93.